The highest BCUT2D eigenvalue weighted by atomic mass is 28.4. The van der Waals surface area contributed by atoms with Crippen LogP contribution in [0.15, 0.2) is 12.2 Å². The molecule has 53 heavy (non-hydrogen) atoms. The molecule has 4 nitrogen and oxygen atoms in total. The number of esters is 1. The number of rotatable bonds is 43. The molecule has 0 heterocycles. The van der Waals surface area contributed by atoms with Crippen LogP contribution < -0.4 is 0 Å². The van der Waals surface area contributed by atoms with Crippen molar-refractivity contribution in [3.8, 4) is 0 Å². The van der Waals surface area contributed by atoms with Crippen LogP contribution in [0, 0.1) is 0 Å². The SMILES string of the molecule is C=C(C)C(=O)OCCOCC[Si](CCCCCCCCCCCCCCCCCC)(CCCCCCCCCCCCCCCCCC)O[Si](C)(C)C. The molecule has 0 aliphatic rings. The Labute approximate surface area is 335 Å². The molecule has 0 saturated heterocycles. The second-order valence-corrected chi connectivity index (χ2v) is 26.7. The Hall–Kier alpha value is -0.436. The van der Waals surface area contributed by atoms with Gasteiger partial charge in [0.2, 0.25) is 0 Å². The van der Waals surface area contributed by atoms with Gasteiger partial charge in [-0.2, -0.15) is 0 Å². The highest BCUT2D eigenvalue weighted by Gasteiger charge is 2.37. The lowest BCUT2D eigenvalue weighted by Crippen LogP contribution is -2.47. The molecular formula is C47H96O4Si2. The third-order valence-electron chi connectivity index (χ3n) is 11.0. The van der Waals surface area contributed by atoms with Crippen molar-refractivity contribution in [2.45, 2.75) is 264 Å². The number of carbonyl (C=O) groups is 1. The van der Waals surface area contributed by atoms with Crippen molar-refractivity contribution in [3.63, 3.8) is 0 Å². The molecule has 0 amide bonds. The standard InChI is InChI=1S/C47H96O4Si2/c1-8-10-12-14-16-18-20-22-24-26-28-30-32-34-36-38-43-53(51-52(5,6)7,45-42-49-40-41-50-47(48)46(3)4)44-39-37-35-33-31-29-27-25-23-21-19-17-15-13-11-9-2/h3,8-45H2,1-2,4-7H3. The fraction of sp³-hybridized carbons (Fsp3) is 0.936. The molecule has 0 aromatic heterocycles. The van der Waals surface area contributed by atoms with E-state index < -0.39 is 16.6 Å². The highest BCUT2D eigenvalue weighted by molar-refractivity contribution is 6.85. The molecule has 0 radical (unpaired) electrons. The third kappa shape index (κ3) is 38.2. The zero-order chi connectivity index (χ0) is 39.1. The van der Waals surface area contributed by atoms with Crippen molar-refractivity contribution < 1.29 is 18.4 Å². The van der Waals surface area contributed by atoms with E-state index in [0.29, 0.717) is 18.8 Å². The van der Waals surface area contributed by atoms with E-state index in [1.165, 1.54) is 218 Å². The average Bonchev–Trinajstić information content (AvgIpc) is 3.11. The lowest BCUT2D eigenvalue weighted by atomic mass is 10.0. The fourth-order valence-corrected chi connectivity index (χ4v) is 17.3. The normalized spacial score (nSPS) is 12.1. The van der Waals surface area contributed by atoms with Crippen molar-refractivity contribution in [1.82, 2.24) is 0 Å². The Morgan fingerprint density at radius 2 is 0.736 bits per heavy atom. The van der Waals surface area contributed by atoms with Gasteiger partial charge in [0.15, 0.2) is 16.6 Å². The molecule has 0 aromatic rings. The third-order valence-corrected chi connectivity index (χ3v) is 18.8. The van der Waals surface area contributed by atoms with Crippen LogP contribution >= 0.6 is 0 Å². The Balaban J connectivity index is 4.52. The molecule has 0 aliphatic carbocycles. The van der Waals surface area contributed by atoms with Crippen molar-refractivity contribution in [3.05, 3.63) is 12.2 Å². The molecule has 0 aromatic carbocycles. The summed E-state index contributed by atoms with van der Waals surface area (Å²) < 4.78 is 18.6. The van der Waals surface area contributed by atoms with E-state index in [9.17, 15) is 4.79 Å². The molecule has 0 aliphatic heterocycles. The molecule has 0 unspecified atom stereocenters. The predicted octanol–water partition coefficient (Wildman–Crippen LogP) is 16.4. The van der Waals surface area contributed by atoms with Crippen LogP contribution in [0.3, 0.4) is 0 Å². The number of ether oxygens (including phenoxy) is 2. The van der Waals surface area contributed by atoms with Gasteiger partial charge in [-0.3, -0.25) is 0 Å². The molecule has 6 heteroatoms. The topological polar surface area (TPSA) is 44.8 Å². The molecule has 0 bridgehead atoms. The first kappa shape index (κ1) is 52.6. The van der Waals surface area contributed by atoms with Gasteiger partial charge in [-0.15, -0.1) is 0 Å². The van der Waals surface area contributed by atoms with Gasteiger partial charge in [0.05, 0.1) is 6.61 Å². The van der Waals surface area contributed by atoms with Crippen molar-refractivity contribution in [2.75, 3.05) is 19.8 Å². The number of hydrogen-bond donors (Lipinski definition) is 0. The van der Waals surface area contributed by atoms with Gasteiger partial charge in [0, 0.05) is 12.2 Å². The number of hydrogen-bond acceptors (Lipinski definition) is 4. The minimum Gasteiger partial charge on any atom is -0.460 e. The molecule has 0 rings (SSSR count). The van der Waals surface area contributed by atoms with Gasteiger partial charge in [-0.05, 0) is 44.7 Å². The van der Waals surface area contributed by atoms with Crippen LogP contribution in [0.25, 0.3) is 0 Å². The molecule has 0 atom stereocenters. The molecule has 0 spiro atoms. The van der Waals surface area contributed by atoms with E-state index in [-0.39, 0.29) is 5.97 Å². The summed E-state index contributed by atoms with van der Waals surface area (Å²) in [5, 5.41) is 0. The average molecular weight is 781 g/mol. The first-order valence-electron chi connectivity index (χ1n) is 23.8. The van der Waals surface area contributed by atoms with Gasteiger partial charge >= 0.3 is 5.97 Å². The molecule has 0 saturated carbocycles. The smallest absolute Gasteiger partial charge is 0.333 e. The summed E-state index contributed by atoms with van der Waals surface area (Å²) in [6, 6.07) is 3.63. The minimum absolute atomic E-state index is 0.299. The Kier molecular flexibility index (Phi) is 38.1. The largest absolute Gasteiger partial charge is 0.460 e. The van der Waals surface area contributed by atoms with Crippen molar-refractivity contribution in [2.24, 2.45) is 0 Å². The number of unbranched alkanes of at least 4 members (excludes halogenated alkanes) is 30. The second-order valence-electron chi connectivity index (χ2n) is 17.8. The monoisotopic (exact) mass is 781 g/mol. The van der Waals surface area contributed by atoms with Crippen LogP contribution in [0.1, 0.15) is 226 Å². The van der Waals surface area contributed by atoms with Gasteiger partial charge in [-0.1, -0.05) is 226 Å². The van der Waals surface area contributed by atoms with Crippen LogP contribution in [-0.2, 0) is 18.4 Å². The summed E-state index contributed by atoms with van der Waals surface area (Å²) in [5.41, 5.74) is 0.442. The van der Waals surface area contributed by atoms with Crippen LogP contribution in [-0.4, -0.2) is 42.4 Å². The van der Waals surface area contributed by atoms with Crippen LogP contribution in [0.4, 0.5) is 0 Å². The summed E-state index contributed by atoms with van der Waals surface area (Å²) in [5.74, 6) is -0.327. The number of carbonyl (C=O) groups excluding carboxylic acids is 1. The van der Waals surface area contributed by atoms with Gasteiger partial charge < -0.3 is 13.6 Å². The Morgan fingerprint density at radius 1 is 0.434 bits per heavy atom. The summed E-state index contributed by atoms with van der Waals surface area (Å²) in [4.78, 5) is 11.8. The minimum atomic E-state index is -1.93. The van der Waals surface area contributed by atoms with Gasteiger partial charge in [0.25, 0.3) is 0 Å². The van der Waals surface area contributed by atoms with Gasteiger partial charge in [-0.25, -0.2) is 4.79 Å². The van der Waals surface area contributed by atoms with E-state index in [1.54, 1.807) is 6.92 Å². The first-order chi connectivity index (χ1) is 25.7. The summed E-state index contributed by atoms with van der Waals surface area (Å²) in [6.45, 7) is 18.6. The van der Waals surface area contributed by atoms with E-state index in [1.807, 2.05) is 0 Å². The summed E-state index contributed by atoms with van der Waals surface area (Å²) >= 11 is 0. The molecule has 0 fully saturated rings. The second kappa shape index (κ2) is 38.4. The van der Waals surface area contributed by atoms with E-state index >= 15 is 0 Å². The van der Waals surface area contributed by atoms with E-state index in [4.69, 9.17) is 13.6 Å². The molecule has 316 valence electrons. The Morgan fingerprint density at radius 3 is 1.02 bits per heavy atom. The van der Waals surface area contributed by atoms with Gasteiger partial charge in [0.1, 0.15) is 6.61 Å². The van der Waals surface area contributed by atoms with Crippen LogP contribution in [0.2, 0.25) is 37.8 Å². The zero-order valence-electron chi connectivity index (χ0n) is 37.2. The van der Waals surface area contributed by atoms with Crippen molar-refractivity contribution in [1.29, 1.82) is 0 Å². The fourth-order valence-electron chi connectivity index (χ4n) is 7.84. The summed E-state index contributed by atoms with van der Waals surface area (Å²) in [6.07, 6.45) is 45.2. The van der Waals surface area contributed by atoms with Crippen molar-refractivity contribution >= 4 is 22.6 Å². The maximum absolute atomic E-state index is 11.8. The molecule has 0 N–H and O–H groups in total. The zero-order valence-corrected chi connectivity index (χ0v) is 39.2. The first-order valence-corrected chi connectivity index (χ1v) is 29.7. The Bertz CT molecular complexity index is 760. The lowest BCUT2D eigenvalue weighted by molar-refractivity contribution is -0.140. The predicted molar refractivity (Wildman–Crippen MR) is 240 cm³/mol. The maximum atomic E-state index is 11.8. The molecular weight excluding hydrogens is 685 g/mol. The maximum Gasteiger partial charge on any atom is 0.333 e. The summed E-state index contributed by atoms with van der Waals surface area (Å²) in [7, 11) is -3.62. The lowest BCUT2D eigenvalue weighted by Gasteiger charge is -2.38. The van der Waals surface area contributed by atoms with E-state index in [2.05, 4.69) is 40.1 Å². The quantitative estimate of drug-likeness (QED) is 0.0268. The van der Waals surface area contributed by atoms with E-state index in [0.717, 1.165) is 12.7 Å². The van der Waals surface area contributed by atoms with Crippen LogP contribution in [0.5, 0.6) is 0 Å². The highest BCUT2D eigenvalue weighted by Crippen LogP contribution is 2.32.